The standard InChI is InChI=1S/C7H8BF2NO2/c1-4-3-11-6(7(9)10)2-5(4)8(12)13/h2-3,7,12-13H,1H3. The van der Waals surface area contributed by atoms with Gasteiger partial charge in [-0.2, -0.15) is 0 Å². The maximum absolute atomic E-state index is 12.1. The number of nitrogens with zero attached hydrogens (tertiary/aromatic N) is 1. The van der Waals surface area contributed by atoms with Crippen LogP contribution in [0.3, 0.4) is 0 Å². The van der Waals surface area contributed by atoms with Gasteiger partial charge in [-0.3, -0.25) is 4.98 Å². The van der Waals surface area contributed by atoms with Crippen LogP contribution in [0, 0.1) is 6.92 Å². The van der Waals surface area contributed by atoms with Crippen molar-refractivity contribution in [3.63, 3.8) is 0 Å². The van der Waals surface area contributed by atoms with Gasteiger partial charge in [0.05, 0.1) is 0 Å². The third kappa shape index (κ3) is 2.23. The lowest BCUT2D eigenvalue weighted by Gasteiger charge is -2.05. The number of hydrogen-bond donors (Lipinski definition) is 2. The van der Waals surface area contributed by atoms with Crippen LogP contribution in [0.15, 0.2) is 12.3 Å². The number of rotatable bonds is 2. The summed E-state index contributed by atoms with van der Waals surface area (Å²) in [7, 11) is -1.74. The van der Waals surface area contributed by atoms with E-state index in [1.54, 1.807) is 6.92 Å². The van der Waals surface area contributed by atoms with E-state index in [0.717, 1.165) is 6.07 Å². The van der Waals surface area contributed by atoms with Gasteiger partial charge in [0, 0.05) is 6.20 Å². The molecule has 1 rings (SSSR count). The molecule has 0 amide bonds. The van der Waals surface area contributed by atoms with Crippen LogP contribution < -0.4 is 5.46 Å². The number of aryl methyl sites for hydroxylation is 1. The zero-order chi connectivity index (χ0) is 10.0. The smallest absolute Gasteiger partial charge is 0.423 e. The summed E-state index contributed by atoms with van der Waals surface area (Å²) < 4.78 is 24.2. The Bertz CT molecular complexity index is 307. The van der Waals surface area contributed by atoms with E-state index in [9.17, 15) is 8.78 Å². The molecular weight excluding hydrogens is 179 g/mol. The predicted octanol–water partition coefficient (Wildman–Crippen LogP) is 0.00742. The number of pyridine rings is 1. The molecule has 0 aliphatic rings. The number of halogens is 2. The van der Waals surface area contributed by atoms with Crippen LogP contribution >= 0.6 is 0 Å². The van der Waals surface area contributed by atoms with Crippen molar-refractivity contribution >= 4 is 12.6 Å². The molecule has 0 saturated heterocycles. The molecule has 0 aliphatic heterocycles. The Morgan fingerprint density at radius 2 is 2.08 bits per heavy atom. The van der Waals surface area contributed by atoms with Crippen LogP contribution in [0.25, 0.3) is 0 Å². The van der Waals surface area contributed by atoms with Gasteiger partial charge < -0.3 is 10.0 Å². The molecular formula is C7H8BF2NO2. The Hall–Kier alpha value is -1.01. The molecule has 0 saturated carbocycles. The Labute approximate surface area is 74.2 Å². The molecule has 2 N–H and O–H groups in total. The second kappa shape index (κ2) is 3.80. The monoisotopic (exact) mass is 187 g/mol. The van der Waals surface area contributed by atoms with Crippen molar-refractivity contribution in [2.24, 2.45) is 0 Å². The topological polar surface area (TPSA) is 53.4 Å². The van der Waals surface area contributed by atoms with Gasteiger partial charge in [0.2, 0.25) is 0 Å². The molecule has 3 nitrogen and oxygen atoms in total. The van der Waals surface area contributed by atoms with Crippen LogP contribution in [-0.4, -0.2) is 22.2 Å². The van der Waals surface area contributed by atoms with Gasteiger partial charge in [-0.25, -0.2) is 8.78 Å². The van der Waals surface area contributed by atoms with Crippen LogP contribution in [-0.2, 0) is 0 Å². The summed E-state index contributed by atoms with van der Waals surface area (Å²) in [4.78, 5) is 3.45. The van der Waals surface area contributed by atoms with Gasteiger partial charge in [-0.1, -0.05) is 0 Å². The van der Waals surface area contributed by atoms with E-state index in [1.165, 1.54) is 6.20 Å². The highest BCUT2D eigenvalue weighted by atomic mass is 19.3. The summed E-state index contributed by atoms with van der Waals surface area (Å²) in [6.45, 7) is 1.57. The van der Waals surface area contributed by atoms with Crippen molar-refractivity contribution in [2.75, 3.05) is 0 Å². The molecule has 0 fully saturated rings. The Morgan fingerprint density at radius 3 is 2.54 bits per heavy atom. The van der Waals surface area contributed by atoms with Crippen molar-refractivity contribution in [1.29, 1.82) is 0 Å². The maximum atomic E-state index is 12.1. The lowest BCUT2D eigenvalue weighted by atomic mass is 9.78. The Morgan fingerprint density at radius 1 is 1.46 bits per heavy atom. The highest BCUT2D eigenvalue weighted by Crippen LogP contribution is 2.14. The van der Waals surface area contributed by atoms with E-state index in [2.05, 4.69) is 4.98 Å². The number of aromatic nitrogens is 1. The van der Waals surface area contributed by atoms with Crippen LogP contribution in [0.4, 0.5) is 8.78 Å². The minimum absolute atomic E-state index is 0.0605. The largest absolute Gasteiger partial charge is 0.488 e. The van der Waals surface area contributed by atoms with E-state index in [1.807, 2.05) is 0 Å². The average molecular weight is 187 g/mol. The van der Waals surface area contributed by atoms with Gasteiger partial charge >= 0.3 is 7.12 Å². The molecule has 6 heteroatoms. The minimum atomic E-state index is -2.70. The van der Waals surface area contributed by atoms with Crippen molar-refractivity contribution in [3.8, 4) is 0 Å². The zero-order valence-electron chi connectivity index (χ0n) is 6.91. The van der Waals surface area contributed by atoms with E-state index in [4.69, 9.17) is 10.0 Å². The lowest BCUT2D eigenvalue weighted by Crippen LogP contribution is -2.32. The van der Waals surface area contributed by atoms with E-state index in [0.29, 0.717) is 5.56 Å². The molecule has 0 spiro atoms. The molecule has 1 aromatic rings. The van der Waals surface area contributed by atoms with Crippen LogP contribution in [0.2, 0.25) is 0 Å². The third-order valence-corrected chi connectivity index (χ3v) is 1.67. The summed E-state index contributed by atoms with van der Waals surface area (Å²) in [6, 6.07) is 0.991. The summed E-state index contributed by atoms with van der Waals surface area (Å²) in [6.07, 6.45) is -1.51. The highest BCUT2D eigenvalue weighted by Gasteiger charge is 2.18. The fourth-order valence-corrected chi connectivity index (χ4v) is 0.954. The van der Waals surface area contributed by atoms with Gasteiger partial charge in [0.1, 0.15) is 5.69 Å². The first-order chi connectivity index (χ1) is 6.02. The first kappa shape index (κ1) is 10.1. The first-order valence-corrected chi connectivity index (χ1v) is 3.63. The molecule has 1 heterocycles. The molecule has 0 bridgehead atoms. The van der Waals surface area contributed by atoms with E-state index in [-0.39, 0.29) is 5.46 Å². The molecule has 0 aromatic carbocycles. The fourth-order valence-electron chi connectivity index (χ4n) is 0.954. The second-order valence-electron chi connectivity index (χ2n) is 2.64. The van der Waals surface area contributed by atoms with Crippen molar-refractivity contribution < 1.29 is 18.8 Å². The minimum Gasteiger partial charge on any atom is -0.423 e. The Kier molecular flexibility index (Phi) is 2.95. The first-order valence-electron chi connectivity index (χ1n) is 3.63. The predicted molar refractivity (Wildman–Crippen MR) is 43.8 cm³/mol. The summed E-state index contributed by atoms with van der Waals surface area (Å²) in [5.41, 5.74) is 0.0819. The summed E-state index contributed by atoms with van der Waals surface area (Å²) >= 11 is 0. The molecule has 0 radical (unpaired) electrons. The molecule has 0 unspecified atom stereocenters. The fraction of sp³-hybridized carbons (Fsp3) is 0.286. The maximum Gasteiger partial charge on any atom is 0.488 e. The third-order valence-electron chi connectivity index (χ3n) is 1.67. The molecule has 13 heavy (non-hydrogen) atoms. The lowest BCUT2D eigenvalue weighted by molar-refractivity contribution is 0.146. The van der Waals surface area contributed by atoms with Gasteiger partial charge in [-0.05, 0) is 24.0 Å². The quantitative estimate of drug-likeness (QED) is 0.641. The molecule has 0 atom stereocenters. The number of hydrogen-bond acceptors (Lipinski definition) is 3. The van der Waals surface area contributed by atoms with Crippen LogP contribution in [0.5, 0.6) is 0 Å². The molecule has 70 valence electrons. The summed E-state index contributed by atoms with van der Waals surface area (Å²) in [5.74, 6) is 0. The van der Waals surface area contributed by atoms with Gasteiger partial charge in [0.15, 0.2) is 0 Å². The van der Waals surface area contributed by atoms with Crippen molar-refractivity contribution in [3.05, 3.63) is 23.5 Å². The Balaban J connectivity index is 3.11. The van der Waals surface area contributed by atoms with Crippen molar-refractivity contribution in [2.45, 2.75) is 13.3 Å². The van der Waals surface area contributed by atoms with E-state index < -0.39 is 19.2 Å². The van der Waals surface area contributed by atoms with Crippen LogP contribution in [0.1, 0.15) is 17.7 Å². The van der Waals surface area contributed by atoms with Gasteiger partial charge in [-0.15, -0.1) is 0 Å². The SMILES string of the molecule is Cc1cnc(C(F)F)cc1B(O)O. The van der Waals surface area contributed by atoms with E-state index >= 15 is 0 Å². The highest BCUT2D eigenvalue weighted by molar-refractivity contribution is 6.59. The molecule has 0 aliphatic carbocycles. The van der Waals surface area contributed by atoms with Crippen molar-refractivity contribution in [1.82, 2.24) is 4.98 Å². The average Bonchev–Trinajstić information content (AvgIpc) is 2.04. The number of alkyl halides is 2. The summed E-state index contributed by atoms with van der Waals surface area (Å²) in [5, 5.41) is 17.6. The van der Waals surface area contributed by atoms with Gasteiger partial charge in [0.25, 0.3) is 6.43 Å². The second-order valence-corrected chi connectivity index (χ2v) is 2.64. The molecule has 1 aromatic heterocycles. The normalized spacial score (nSPS) is 10.6. The zero-order valence-corrected chi connectivity index (χ0v) is 6.91.